The van der Waals surface area contributed by atoms with Gasteiger partial charge in [-0.3, -0.25) is 14.4 Å². The maximum atomic E-state index is 14.2. The summed E-state index contributed by atoms with van der Waals surface area (Å²) in [5, 5.41) is 3.75. The van der Waals surface area contributed by atoms with Crippen LogP contribution in [-0.4, -0.2) is 57.9 Å². The van der Waals surface area contributed by atoms with Gasteiger partial charge in [0.2, 0.25) is 5.91 Å². The number of amides is 1. The zero-order valence-electron chi connectivity index (χ0n) is 22.7. The fraction of sp³-hybridized carbons (Fsp3) is 0.258. The summed E-state index contributed by atoms with van der Waals surface area (Å²) in [7, 11) is 0. The van der Waals surface area contributed by atoms with Crippen LogP contribution < -0.4 is 5.32 Å². The van der Waals surface area contributed by atoms with Crippen molar-refractivity contribution in [3.8, 4) is 0 Å². The number of hydrogen-bond donors (Lipinski definition) is 2. The van der Waals surface area contributed by atoms with E-state index in [1.54, 1.807) is 30.5 Å². The summed E-state index contributed by atoms with van der Waals surface area (Å²) >= 11 is 5.89. The summed E-state index contributed by atoms with van der Waals surface area (Å²) in [5.74, 6) is -4.07. The number of piperazine rings is 1. The maximum Gasteiger partial charge on any atom is 0.417 e. The number of hydrogen-bond acceptors (Lipinski definition) is 4. The molecule has 5 rings (SSSR count). The number of benzene rings is 3. The van der Waals surface area contributed by atoms with E-state index in [0.717, 1.165) is 40.1 Å². The lowest BCUT2D eigenvalue weighted by molar-refractivity contribution is -0.138. The molecule has 230 valence electrons. The van der Waals surface area contributed by atoms with Gasteiger partial charge in [0.25, 0.3) is 0 Å². The molecule has 0 bridgehead atoms. The monoisotopic (exact) mass is 635 g/mol. The van der Waals surface area contributed by atoms with E-state index >= 15 is 0 Å². The summed E-state index contributed by atoms with van der Waals surface area (Å²) in [5.41, 5.74) is -2.62. The smallest absolute Gasteiger partial charge is 0.361 e. The number of fused-ring (bicyclic) bond motifs is 1. The van der Waals surface area contributed by atoms with Crippen LogP contribution in [0, 0.1) is 0 Å². The molecule has 1 aromatic heterocycles. The number of halogens is 7. The van der Waals surface area contributed by atoms with E-state index < -0.39 is 76.1 Å². The normalized spacial score (nSPS) is 19.2. The van der Waals surface area contributed by atoms with Crippen LogP contribution in [0.5, 0.6) is 0 Å². The Balaban J connectivity index is 1.65. The number of nitrogens with zero attached hydrogens (tertiary/aromatic N) is 1. The Bertz CT molecular complexity index is 1720. The highest BCUT2D eigenvalue weighted by Crippen LogP contribution is 2.36. The molecular formula is C31H24ClF6N3O3. The third kappa shape index (κ3) is 5.96. The summed E-state index contributed by atoms with van der Waals surface area (Å²) in [6, 6.07) is 10.7. The summed E-state index contributed by atoms with van der Waals surface area (Å²) in [6.45, 7) is -0.384. The third-order valence-electron chi connectivity index (χ3n) is 7.67. The van der Waals surface area contributed by atoms with Gasteiger partial charge in [0.15, 0.2) is 11.6 Å². The number of Topliss-reactive ketones (excluding diaryl/α,β-unsaturated/α-hetero) is 2. The first-order valence-electron chi connectivity index (χ1n) is 13.4. The Morgan fingerprint density at radius 2 is 1.34 bits per heavy atom. The predicted molar refractivity (Wildman–Crippen MR) is 150 cm³/mol. The highest BCUT2D eigenvalue weighted by atomic mass is 35.5. The third-order valence-corrected chi connectivity index (χ3v) is 7.90. The molecule has 3 atom stereocenters. The number of H-pyrrole nitrogens is 1. The van der Waals surface area contributed by atoms with Crippen LogP contribution in [-0.2, 0) is 23.6 Å². The minimum Gasteiger partial charge on any atom is -0.361 e. The molecule has 0 aliphatic carbocycles. The van der Waals surface area contributed by atoms with E-state index in [2.05, 4.69) is 10.3 Å². The van der Waals surface area contributed by atoms with Crippen molar-refractivity contribution in [3.05, 3.63) is 107 Å². The molecule has 1 saturated heterocycles. The fourth-order valence-corrected chi connectivity index (χ4v) is 5.88. The van der Waals surface area contributed by atoms with Gasteiger partial charge in [0.05, 0.1) is 11.1 Å². The van der Waals surface area contributed by atoms with Crippen LogP contribution in [0.2, 0.25) is 0 Å². The van der Waals surface area contributed by atoms with Crippen molar-refractivity contribution < 1.29 is 40.7 Å². The molecule has 1 amide bonds. The van der Waals surface area contributed by atoms with Crippen molar-refractivity contribution in [1.29, 1.82) is 0 Å². The van der Waals surface area contributed by atoms with Gasteiger partial charge >= 0.3 is 12.4 Å². The lowest BCUT2D eigenvalue weighted by Gasteiger charge is -2.45. The van der Waals surface area contributed by atoms with Crippen molar-refractivity contribution in [3.63, 3.8) is 0 Å². The number of para-hydroxylation sites is 1. The number of nitrogens with one attached hydrogen (secondary N) is 2. The molecule has 4 aromatic rings. The predicted octanol–water partition coefficient (Wildman–Crippen LogP) is 6.29. The fourth-order valence-electron chi connectivity index (χ4n) is 5.74. The van der Waals surface area contributed by atoms with Crippen molar-refractivity contribution >= 4 is 40.0 Å². The van der Waals surface area contributed by atoms with E-state index in [0.29, 0.717) is 17.7 Å². The van der Waals surface area contributed by atoms with Gasteiger partial charge in [0, 0.05) is 40.8 Å². The van der Waals surface area contributed by atoms with Crippen molar-refractivity contribution in [2.75, 3.05) is 12.4 Å². The van der Waals surface area contributed by atoms with E-state index in [1.165, 1.54) is 12.1 Å². The number of carbonyl (C=O) groups excluding carboxylic acids is 3. The van der Waals surface area contributed by atoms with E-state index in [4.69, 9.17) is 11.6 Å². The molecule has 13 heteroatoms. The molecule has 2 N–H and O–H groups in total. The number of ketones is 2. The van der Waals surface area contributed by atoms with Crippen LogP contribution in [0.4, 0.5) is 26.3 Å². The van der Waals surface area contributed by atoms with Crippen molar-refractivity contribution in [2.24, 2.45) is 0 Å². The Kier molecular flexibility index (Phi) is 8.59. The molecule has 0 saturated carbocycles. The second-order valence-electron chi connectivity index (χ2n) is 10.3. The number of carbonyl (C=O) groups is 3. The highest BCUT2D eigenvalue weighted by molar-refractivity contribution is 6.28. The molecule has 6 nitrogen and oxygen atoms in total. The zero-order valence-corrected chi connectivity index (χ0v) is 23.4. The Hall–Kier alpha value is -4.16. The maximum absolute atomic E-state index is 14.2. The largest absolute Gasteiger partial charge is 0.417 e. The van der Waals surface area contributed by atoms with E-state index in [-0.39, 0.29) is 13.0 Å². The number of alkyl halides is 7. The van der Waals surface area contributed by atoms with Gasteiger partial charge in [-0.2, -0.15) is 26.3 Å². The molecule has 1 fully saturated rings. The molecule has 2 heterocycles. The average molecular weight is 636 g/mol. The molecule has 0 radical (unpaired) electrons. The van der Waals surface area contributed by atoms with Crippen LogP contribution in [0.25, 0.3) is 10.9 Å². The Morgan fingerprint density at radius 1 is 0.795 bits per heavy atom. The quantitative estimate of drug-likeness (QED) is 0.142. The van der Waals surface area contributed by atoms with Gasteiger partial charge in [-0.1, -0.05) is 54.6 Å². The first-order chi connectivity index (χ1) is 20.8. The second-order valence-corrected chi connectivity index (χ2v) is 10.6. The average Bonchev–Trinajstić information content (AvgIpc) is 3.41. The summed E-state index contributed by atoms with van der Waals surface area (Å²) in [6.07, 6.45) is -8.19. The minimum atomic E-state index is -4.94. The molecule has 1 aliphatic rings. The first-order valence-corrected chi connectivity index (χ1v) is 13.9. The molecule has 3 unspecified atom stereocenters. The SMILES string of the molecule is O=C(c1ccccc1C(F)(F)F)C1CNC(Cc2c[nH]c3ccccc23)C(C(=O)c2ccccc2C(F)(F)F)N1C(=O)CCl. The van der Waals surface area contributed by atoms with E-state index in [9.17, 15) is 40.7 Å². The topological polar surface area (TPSA) is 82.3 Å². The zero-order chi connectivity index (χ0) is 31.8. The molecule has 3 aromatic carbocycles. The lowest BCUT2D eigenvalue weighted by atomic mass is 9.85. The number of aromatic nitrogens is 1. The number of aromatic amines is 1. The van der Waals surface area contributed by atoms with Crippen LogP contribution in [0.1, 0.15) is 37.4 Å². The van der Waals surface area contributed by atoms with Crippen LogP contribution in [0.15, 0.2) is 79.0 Å². The van der Waals surface area contributed by atoms with Gasteiger partial charge in [0.1, 0.15) is 18.0 Å². The highest BCUT2D eigenvalue weighted by Gasteiger charge is 2.49. The molecule has 44 heavy (non-hydrogen) atoms. The van der Waals surface area contributed by atoms with Crippen molar-refractivity contribution in [2.45, 2.75) is 36.9 Å². The van der Waals surface area contributed by atoms with Gasteiger partial charge in [-0.15, -0.1) is 11.6 Å². The van der Waals surface area contributed by atoms with Crippen molar-refractivity contribution in [1.82, 2.24) is 15.2 Å². The lowest BCUT2D eigenvalue weighted by Crippen LogP contribution is -2.69. The Morgan fingerprint density at radius 3 is 1.93 bits per heavy atom. The first kappa shape index (κ1) is 31.3. The number of rotatable bonds is 7. The van der Waals surface area contributed by atoms with Crippen LogP contribution in [0.3, 0.4) is 0 Å². The molecule has 1 aliphatic heterocycles. The van der Waals surface area contributed by atoms with Gasteiger partial charge in [-0.25, -0.2) is 0 Å². The summed E-state index contributed by atoms with van der Waals surface area (Å²) in [4.78, 5) is 45.1. The van der Waals surface area contributed by atoms with E-state index in [1.807, 2.05) is 0 Å². The Labute approximate surface area is 252 Å². The van der Waals surface area contributed by atoms with Crippen LogP contribution >= 0.6 is 11.6 Å². The van der Waals surface area contributed by atoms with Gasteiger partial charge < -0.3 is 15.2 Å². The molecule has 0 spiro atoms. The second kappa shape index (κ2) is 12.1. The van der Waals surface area contributed by atoms with Gasteiger partial charge in [-0.05, 0) is 30.2 Å². The summed E-state index contributed by atoms with van der Waals surface area (Å²) < 4.78 is 83.6. The minimum absolute atomic E-state index is 0.0146. The standard InChI is InChI=1S/C31H24ClF6N3O3/c32-14-26(42)41-25(28(43)19-8-1-4-10-21(19)30(33,34)35)16-40-24(13-17-15-39-23-12-6-3-7-18(17)23)27(41)29(44)20-9-2-5-11-22(20)31(36,37)38/h1-12,15,24-25,27,39-40H,13-14,16H2. The molecular weight excluding hydrogens is 612 g/mol.